The fraction of sp³-hybridized carbons (Fsp3) is 0.600. The van der Waals surface area contributed by atoms with E-state index >= 15 is 0 Å². The number of methoxy groups -OCH3 is 1. The van der Waals surface area contributed by atoms with Gasteiger partial charge in [0.25, 0.3) is 5.91 Å². The van der Waals surface area contributed by atoms with Gasteiger partial charge >= 0.3 is 5.97 Å². The zero-order valence-electron chi connectivity index (χ0n) is 15.7. The van der Waals surface area contributed by atoms with Crippen molar-refractivity contribution in [1.82, 2.24) is 4.90 Å². The molecule has 0 spiro atoms. The number of rotatable bonds is 4. The van der Waals surface area contributed by atoms with Crippen molar-refractivity contribution in [3.05, 3.63) is 23.8 Å². The molecule has 0 aromatic heterocycles. The lowest BCUT2D eigenvalue weighted by Gasteiger charge is -2.35. The van der Waals surface area contributed by atoms with Crippen molar-refractivity contribution >= 4 is 11.9 Å². The molecule has 2 aliphatic heterocycles. The lowest BCUT2D eigenvalue weighted by Crippen LogP contribution is -2.44. The van der Waals surface area contributed by atoms with Crippen LogP contribution in [0, 0.1) is 17.8 Å². The first-order valence-corrected chi connectivity index (χ1v) is 9.20. The quantitative estimate of drug-likeness (QED) is 0.770. The first-order valence-electron chi connectivity index (χ1n) is 9.20. The molecule has 0 N–H and O–H groups in total. The number of nitrogens with zero attached hydrogens (tertiary/aromatic N) is 1. The van der Waals surface area contributed by atoms with E-state index in [2.05, 4.69) is 13.8 Å². The third kappa shape index (κ3) is 4.29. The Morgan fingerprint density at radius 1 is 1.23 bits per heavy atom. The molecule has 1 aromatic rings. The van der Waals surface area contributed by atoms with Crippen molar-refractivity contribution < 1.29 is 23.8 Å². The number of benzene rings is 1. The summed E-state index contributed by atoms with van der Waals surface area (Å²) in [5.41, 5.74) is 0.948. The molecule has 0 aliphatic carbocycles. The molecule has 1 fully saturated rings. The maximum Gasteiger partial charge on any atom is 0.313 e. The van der Waals surface area contributed by atoms with E-state index in [9.17, 15) is 9.59 Å². The maximum atomic E-state index is 12.3. The van der Waals surface area contributed by atoms with Crippen molar-refractivity contribution in [1.29, 1.82) is 0 Å². The lowest BCUT2D eigenvalue weighted by molar-refractivity contribution is -0.157. The van der Waals surface area contributed by atoms with E-state index in [0.29, 0.717) is 18.3 Å². The smallest absolute Gasteiger partial charge is 0.313 e. The van der Waals surface area contributed by atoms with Gasteiger partial charge in [-0.2, -0.15) is 0 Å². The van der Waals surface area contributed by atoms with Gasteiger partial charge in [0.2, 0.25) is 0 Å². The minimum absolute atomic E-state index is 0.112. The second-order valence-corrected chi connectivity index (χ2v) is 7.54. The summed E-state index contributed by atoms with van der Waals surface area (Å²) in [5.74, 6) is 1.55. The van der Waals surface area contributed by atoms with Gasteiger partial charge in [0.15, 0.2) is 6.61 Å². The van der Waals surface area contributed by atoms with Crippen LogP contribution in [0.15, 0.2) is 18.2 Å². The lowest BCUT2D eigenvalue weighted by atomic mass is 9.92. The molecule has 0 bridgehead atoms. The monoisotopic (exact) mass is 361 g/mol. The second-order valence-electron chi connectivity index (χ2n) is 7.54. The van der Waals surface area contributed by atoms with Gasteiger partial charge in [0.05, 0.1) is 13.0 Å². The van der Waals surface area contributed by atoms with Gasteiger partial charge in [-0.15, -0.1) is 0 Å². The molecule has 2 heterocycles. The fourth-order valence-corrected chi connectivity index (χ4v) is 3.84. The minimum atomic E-state index is -0.386. The highest BCUT2D eigenvalue weighted by Gasteiger charge is 2.30. The van der Waals surface area contributed by atoms with Gasteiger partial charge in [0.1, 0.15) is 18.1 Å². The zero-order chi connectivity index (χ0) is 18.7. The van der Waals surface area contributed by atoms with Crippen molar-refractivity contribution in [3.63, 3.8) is 0 Å². The van der Waals surface area contributed by atoms with E-state index in [4.69, 9.17) is 14.2 Å². The van der Waals surface area contributed by atoms with Crippen LogP contribution in [0.1, 0.15) is 25.8 Å². The van der Waals surface area contributed by atoms with E-state index in [-0.39, 0.29) is 31.0 Å². The first-order chi connectivity index (χ1) is 12.5. The molecule has 6 nitrogen and oxygen atoms in total. The molecule has 26 heavy (non-hydrogen) atoms. The highest BCUT2D eigenvalue weighted by atomic mass is 16.5. The number of carbonyl (C=O) groups excluding carboxylic acids is 2. The van der Waals surface area contributed by atoms with E-state index in [1.54, 1.807) is 7.11 Å². The van der Waals surface area contributed by atoms with Gasteiger partial charge in [-0.05, 0) is 36.3 Å². The number of esters is 1. The van der Waals surface area contributed by atoms with Crippen molar-refractivity contribution in [3.8, 4) is 11.5 Å². The summed E-state index contributed by atoms with van der Waals surface area (Å²) >= 11 is 0. The summed E-state index contributed by atoms with van der Waals surface area (Å²) in [6, 6.07) is 5.56. The number of hydrogen-bond donors (Lipinski definition) is 0. The predicted octanol–water partition coefficient (Wildman–Crippen LogP) is 2.29. The molecule has 3 rings (SSSR count). The summed E-state index contributed by atoms with van der Waals surface area (Å²) in [6.07, 6.45) is 1.68. The third-order valence-electron chi connectivity index (χ3n) is 5.07. The van der Waals surface area contributed by atoms with Crippen LogP contribution in [0.5, 0.6) is 11.5 Å². The van der Waals surface area contributed by atoms with Gasteiger partial charge in [-0.1, -0.05) is 19.9 Å². The standard InChI is InChI=1S/C20H27NO5/c1-13-6-14(2)10-21(9-13)19(22)12-26-20(23)16-7-15-4-5-17(24-3)8-18(15)25-11-16/h4-5,8,13-14,16H,6-7,9-12H2,1-3H3/t13-,14-,16+/m0/s1. The normalized spacial score (nSPS) is 25.0. The number of ether oxygens (including phenoxy) is 3. The van der Waals surface area contributed by atoms with Crippen molar-refractivity contribution in [2.75, 3.05) is 33.4 Å². The Morgan fingerprint density at radius 2 is 1.96 bits per heavy atom. The molecular weight excluding hydrogens is 334 g/mol. The van der Waals surface area contributed by atoms with Crippen LogP contribution in [0.4, 0.5) is 0 Å². The van der Waals surface area contributed by atoms with Crippen molar-refractivity contribution in [2.24, 2.45) is 17.8 Å². The van der Waals surface area contributed by atoms with E-state index < -0.39 is 0 Å². The van der Waals surface area contributed by atoms with Gasteiger partial charge in [-0.25, -0.2) is 0 Å². The van der Waals surface area contributed by atoms with E-state index in [1.165, 1.54) is 0 Å². The Labute approximate surface area is 154 Å². The van der Waals surface area contributed by atoms with Crippen LogP contribution in [0.3, 0.4) is 0 Å². The molecule has 0 unspecified atom stereocenters. The highest BCUT2D eigenvalue weighted by molar-refractivity contribution is 5.81. The van der Waals surface area contributed by atoms with Gasteiger partial charge in [0, 0.05) is 19.2 Å². The van der Waals surface area contributed by atoms with Crippen LogP contribution in [-0.4, -0.2) is 50.2 Å². The Kier molecular flexibility index (Phi) is 5.69. The number of carbonyl (C=O) groups is 2. The van der Waals surface area contributed by atoms with Crippen molar-refractivity contribution in [2.45, 2.75) is 26.7 Å². The molecule has 142 valence electrons. The topological polar surface area (TPSA) is 65.1 Å². The molecule has 1 amide bonds. The summed E-state index contributed by atoms with van der Waals surface area (Å²) in [5, 5.41) is 0. The summed E-state index contributed by atoms with van der Waals surface area (Å²) in [6.45, 7) is 5.83. The first kappa shape index (κ1) is 18.5. The minimum Gasteiger partial charge on any atom is -0.497 e. The number of amides is 1. The molecule has 0 saturated carbocycles. The Hall–Kier alpha value is -2.24. The predicted molar refractivity (Wildman–Crippen MR) is 96.2 cm³/mol. The Bertz CT molecular complexity index is 664. The molecule has 0 radical (unpaired) electrons. The molecule has 6 heteroatoms. The van der Waals surface area contributed by atoms with Crippen LogP contribution in [-0.2, 0) is 20.7 Å². The van der Waals surface area contributed by atoms with Gasteiger partial charge in [-0.3, -0.25) is 9.59 Å². The fourth-order valence-electron chi connectivity index (χ4n) is 3.84. The molecule has 2 aliphatic rings. The average Bonchev–Trinajstić information content (AvgIpc) is 2.64. The Balaban J connectivity index is 1.51. The summed E-state index contributed by atoms with van der Waals surface area (Å²) in [4.78, 5) is 26.5. The van der Waals surface area contributed by atoms with Gasteiger partial charge < -0.3 is 19.1 Å². The second kappa shape index (κ2) is 7.98. The zero-order valence-corrected chi connectivity index (χ0v) is 15.7. The molecule has 3 atom stereocenters. The molecule has 1 aromatic carbocycles. The number of hydrogen-bond acceptors (Lipinski definition) is 5. The molecular formula is C20H27NO5. The summed E-state index contributed by atoms with van der Waals surface area (Å²) < 4.78 is 16.1. The SMILES string of the molecule is COc1ccc2c(c1)OC[C@H](C(=O)OCC(=O)N1C[C@@H](C)C[C@H](C)C1)C2. The number of piperidine rings is 1. The average molecular weight is 361 g/mol. The third-order valence-corrected chi connectivity index (χ3v) is 5.07. The van der Waals surface area contributed by atoms with Crippen LogP contribution >= 0.6 is 0 Å². The van der Waals surface area contributed by atoms with Crippen LogP contribution in [0.25, 0.3) is 0 Å². The van der Waals surface area contributed by atoms with Crippen LogP contribution in [0.2, 0.25) is 0 Å². The molecule has 1 saturated heterocycles. The Morgan fingerprint density at radius 3 is 2.65 bits per heavy atom. The number of fused-ring (bicyclic) bond motifs is 1. The van der Waals surface area contributed by atoms with Crippen LogP contribution < -0.4 is 9.47 Å². The largest absolute Gasteiger partial charge is 0.497 e. The highest BCUT2D eigenvalue weighted by Crippen LogP contribution is 2.31. The van der Waals surface area contributed by atoms with E-state index in [1.807, 2.05) is 23.1 Å². The maximum absolute atomic E-state index is 12.3. The van der Waals surface area contributed by atoms with E-state index in [0.717, 1.165) is 36.6 Å². The summed E-state index contributed by atoms with van der Waals surface area (Å²) in [7, 11) is 1.60. The number of likely N-dealkylation sites (tertiary alicyclic amines) is 1.